The van der Waals surface area contributed by atoms with Gasteiger partial charge in [-0.15, -0.1) is 0 Å². The molecule has 1 rings (SSSR count). The lowest BCUT2D eigenvalue weighted by molar-refractivity contribution is -0.142. The number of carbonyl (C=O) groups is 1. The molecule has 2 nitrogen and oxygen atoms in total. The fraction of sp³-hybridized carbons (Fsp3) is 0.364. The smallest absolute Gasteiger partial charge is 0.320 e. The summed E-state index contributed by atoms with van der Waals surface area (Å²) in [6.45, 7) is 2.19. The standard InChI is InChI=1S/C11H10Br4O2/c1-2-17-11(16)10(15)5-7-8(13)3-6(12)4-9(7)14/h3-4,10H,2,5H2,1H3. The Morgan fingerprint density at radius 3 is 2.29 bits per heavy atom. The summed E-state index contributed by atoms with van der Waals surface area (Å²) in [5.41, 5.74) is 1.03. The molecule has 0 N–H and O–H groups in total. The molecule has 0 aliphatic rings. The normalized spacial score (nSPS) is 12.3. The zero-order chi connectivity index (χ0) is 13.0. The molecular weight excluding hydrogens is 484 g/mol. The molecule has 0 spiro atoms. The van der Waals surface area contributed by atoms with Gasteiger partial charge in [0.2, 0.25) is 0 Å². The Hall–Kier alpha value is 0.610. The van der Waals surface area contributed by atoms with Gasteiger partial charge >= 0.3 is 5.97 Å². The maximum absolute atomic E-state index is 11.5. The van der Waals surface area contributed by atoms with Crippen molar-refractivity contribution >= 4 is 69.7 Å². The predicted molar refractivity (Wildman–Crippen MR) is 82.6 cm³/mol. The van der Waals surface area contributed by atoms with E-state index in [-0.39, 0.29) is 10.8 Å². The van der Waals surface area contributed by atoms with Gasteiger partial charge in [0.1, 0.15) is 4.83 Å². The number of benzene rings is 1. The van der Waals surface area contributed by atoms with Crippen LogP contribution in [0.4, 0.5) is 0 Å². The maximum Gasteiger partial charge on any atom is 0.320 e. The summed E-state index contributed by atoms with van der Waals surface area (Å²) in [5.74, 6) is -0.241. The number of halogens is 4. The Labute approximate surface area is 134 Å². The molecule has 0 radical (unpaired) electrons. The molecule has 0 aliphatic heterocycles. The van der Waals surface area contributed by atoms with Crippen molar-refractivity contribution in [2.24, 2.45) is 0 Å². The van der Waals surface area contributed by atoms with E-state index in [9.17, 15) is 4.79 Å². The predicted octanol–water partition coefficient (Wildman–Crippen LogP) is 4.84. The van der Waals surface area contributed by atoms with Crippen molar-refractivity contribution < 1.29 is 9.53 Å². The molecule has 1 aromatic rings. The van der Waals surface area contributed by atoms with Gasteiger partial charge in [-0.25, -0.2) is 0 Å². The highest BCUT2D eigenvalue weighted by atomic mass is 79.9. The van der Waals surface area contributed by atoms with E-state index < -0.39 is 0 Å². The molecule has 1 aromatic carbocycles. The fourth-order valence-electron chi connectivity index (χ4n) is 1.26. The van der Waals surface area contributed by atoms with Gasteiger partial charge in [-0.1, -0.05) is 63.7 Å². The van der Waals surface area contributed by atoms with Crippen LogP contribution in [0.3, 0.4) is 0 Å². The molecule has 0 heterocycles. The van der Waals surface area contributed by atoms with Crippen molar-refractivity contribution in [1.29, 1.82) is 0 Å². The van der Waals surface area contributed by atoms with Crippen LogP contribution in [0.1, 0.15) is 12.5 Å². The van der Waals surface area contributed by atoms with E-state index in [1.807, 2.05) is 12.1 Å². The topological polar surface area (TPSA) is 26.3 Å². The third-order valence-corrected chi connectivity index (χ3v) is 4.60. The molecule has 94 valence electrons. The second-order valence-electron chi connectivity index (χ2n) is 3.27. The van der Waals surface area contributed by atoms with Crippen molar-refractivity contribution in [3.05, 3.63) is 31.1 Å². The fourth-order valence-corrected chi connectivity index (χ4v) is 4.30. The first-order chi connectivity index (χ1) is 7.95. The maximum atomic E-state index is 11.5. The quantitative estimate of drug-likeness (QED) is 0.443. The summed E-state index contributed by atoms with van der Waals surface area (Å²) < 4.78 is 7.83. The molecule has 0 aliphatic carbocycles. The van der Waals surface area contributed by atoms with Crippen molar-refractivity contribution in [2.75, 3.05) is 6.61 Å². The van der Waals surface area contributed by atoms with Crippen molar-refractivity contribution in [2.45, 2.75) is 18.2 Å². The van der Waals surface area contributed by atoms with Gasteiger partial charge in [-0.2, -0.15) is 0 Å². The highest BCUT2D eigenvalue weighted by Crippen LogP contribution is 2.31. The Morgan fingerprint density at radius 1 is 1.29 bits per heavy atom. The third kappa shape index (κ3) is 4.65. The summed E-state index contributed by atoms with van der Waals surface area (Å²) in [4.78, 5) is 11.2. The molecule has 6 heteroatoms. The van der Waals surface area contributed by atoms with Gasteiger partial charge in [0, 0.05) is 13.4 Å². The van der Waals surface area contributed by atoms with E-state index >= 15 is 0 Å². The Kier molecular flexibility index (Phi) is 6.69. The van der Waals surface area contributed by atoms with E-state index in [0.29, 0.717) is 13.0 Å². The van der Waals surface area contributed by atoms with Gasteiger partial charge in [-0.3, -0.25) is 4.79 Å². The number of esters is 1. The minimum absolute atomic E-state index is 0.241. The van der Waals surface area contributed by atoms with Gasteiger partial charge in [0.25, 0.3) is 0 Å². The van der Waals surface area contributed by atoms with E-state index in [4.69, 9.17) is 4.74 Å². The van der Waals surface area contributed by atoms with Gasteiger partial charge in [0.05, 0.1) is 6.61 Å². The molecule has 1 unspecified atom stereocenters. The summed E-state index contributed by atoms with van der Waals surface area (Å²) in [5, 5.41) is 0. The monoisotopic (exact) mass is 490 g/mol. The molecule has 17 heavy (non-hydrogen) atoms. The molecule has 0 aromatic heterocycles. The summed E-state index contributed by atoms with van der Waals surface area (Å²) in [6.07, 6.45) is 0.563. The van der Waals surface area contributed by atoms with Crippen LogP contribution in [0.2, 0.25) is 0 Å². The Morgan fingerprint density at radius 2 is 1.82 bits per heavy atom. The van der Waals surface area contributed by atoms with Crippen LogP contribution in [-0.2, 0) is 16.0 Å². The second kappa shape index (κ2) is 7.26. The van der Waals surface area contributed by atoms with Gasteiger partial charge in [-0.05, 0) is 31.0 Å². The van der Waals surface area contributed by atoms with Crippen LogP contribution in [0.15, 0.2) is 25.6 Å². The van der Waals surface area contributed by atoms with Crippen LogP contribution in [0.25, 0.3) is 0 Å². The molecular formula is C11H10Br4O2. The molecule has 0 saturated heterocycles. The first-order valence-corrected chi connectivity index (χ1v) is 8.19. The summed E-state index contributed by atoms with van der Waals surface area (Å²) >= 11 is 13.7. The highest BCUT2D eigenvalue weighted by molar-refractivity contribution is 9.11. The second-order valence-corrected chi connectivity index (χ2v) is 7.00. The van der Waals surface area contributed by atoms with Crippen LogP contribution in [0, 0.1) is 0 Å². The van der Waals surface area contributed by atoms with E-state index in [0.717, 1.165) is 19.0 Å². The lowest BCUT2D eigenvalue weighted by Gasteiger charge is -2.12. The highest BCUT2D eigenvalue weighted by Gasteiger charge is 2.19. The van der Waals surface area contributed by atoms with Gasteiger partial charge in [0.15, 0.2) is 0 Å². The van der Waals surface area contributed by atoms with Gasteiger partial charge < -0.3 is 4.74 Å². The first kappa shape index (κ1) is 15.7. The molecule has 0 saturated carbocycles. The number of rotatable bonds is 4. The summed E-state index contributed by atoms with van der Waals surface area (Å²) in [6, 6.07) is 3.90. The molecule has 0 amide bonds. The summed E-state index contributed by atoms with van der Waals surface area (Å²) in [7, 11) is 0. The Balaban J connectivity index is 2.85. The van der Waals surface area contributed by atoms with E-state index in [2.05, 4.69) is 63.7 Å². The van der Waals surface area contributed by atoms with Crippen LogP contribution < -0.4 is 0 Å². The average molecular weight is 494 g/mol. The van der Waals surface area contributed by atoms with E-state index in [1.54, 1.807) is 6.92 Å². The minimum atomic E-state index is -0.337. The molecule has 0 bridgehead atoms. The number of alkyl halides is 1. The Bertz CT molecular complexity index is 397. The average Bonchev–Trinajstić information content (AvgIpc) is 2.23. The van der Waals surface area contributed by atoms with Crippen LogP contribution >= 0.6 is 63.7 Å². The first-order valence-electron chi connectivity index (χ1n) is 4.89. The number of carbonyl (C=O) groups excluding carboxylic acids is 1. The largest absolute Gasteiger partial charge is 0.465 e. The van der Waals surface area contributed by atoms with Crippen LogP contribution in [0.5, 0.6) is 0 Å². The molecule has 1 atom stereocenters. The molecule has 0 fully saturated rings. The van der Waals surface area contributed by atoms with Crippen molar-refractivity contribution in [3.8, 4) is 0 Å². The third-order valence-electron chi connectivity index (χ3n) is 2.03. The lowest BCUT2D eigenvalue weighted by atomic mass is 10.1. The van der Waals surface area contributed by atoms with Crippen molar-refractivity contribution in [3.63, 3.8) is 0 Å². The number of hydrogen-bond acceptors (Lipinski definition) is 2. The lowest BCUT2D eigenvalue weighted by Crippen LogP contribution is -2.20. The van der Waals surface area contributed by atoms with Crippen LogP contribution in [-0.4, -0.2) is 17.4 Å². The SMILES string of the molecule is CCOC(=O)C(Br)Cc1c(Br)cc(Br)cc1Br. The number of hydrogen-bond donors (Lipinski definition) is 0. The van der Waals surface area contributed by atoms with E-state index in [1.165, 1.54) is 0 Å². The zero-order valence-electron chi connectivity index (χ0n) is 8.97. The van der Waals surface area contributed by atoms with Crippen molar-refractivity contribution in [1.82, 2.24) is 0 Å². The minimum Gasteiger partial charge on any atom is -0.465 e. The number of ether oxygens (including phenoxy) is 1. The zero-order valence-corrected chi connectivity index (χ0v) is 15.3.